The van der Waals surface area contributed by atoms with Crippen LogP contribution in [0, 0.1) is 0 Å². The van der Waals surface area contributed by atoms with E-state index in [2.05, 4.69) is 5.16 Å². The molecule has 0 bridgehead atoms. The van der Waals surface area contributed by atoms with E-state index < -0.39 is 0 Å². The van der Waals surface area contributed by atoms with Crippen molar-refractivity contribution in [3.05, 3.63) is 54.3 Å². The normalized spacial score (nSPS) is 11.2. The summed E-state index contributed by atoms with van der Waals surface area (Å²) < 4.78 is 11.0. The Morgan fingerprint density at radius 2 is 1.95 bits per heavy atom. The third kappa shape index (κ3) is 2.01. The van der Waals surface area contributed by atoms with E-state index in [0.29, 0.717) is 5.76 Å². The maximum absolute atomic E-state index is 8.80. The molecular weight excluding hydrogens is 254 g/mol. The zero-order valence-corrected chi connectivity index (χ0v) is 10.9. The Bertz CT molecular complexity index is 760. The van der Waals surface area contributed by atoms with Crippen LogP contribution in [-0.2, 0) is 0 Å². The number of rotatable bonds is 3. The first-order chi connectivity index (χ1) is 9.83. The summed E-state index contributed by atoms with van der Waals surface area (Å²) >= 11 is 0. The molecule has 1 aromatic heterocycles. The van der Waals surface area contributed by atoms with Crippen molar-refractivity contribution in [3.8, 4) is 16.9 Å². The average molecular weight is 267 g/mol. The lowest BCUT2D eigenvalue weighted by Crippen LogP contribution is -1.84. The van der Waals surface area contributed by atoms with E-state index in [0.717, 1.165) is 27.8 Å². The topological polar surface area (TPSA) is 55.0 Å². The molecule has 2 aromatic carbocycles. The maximum Gasteiger partial charge on any atom is 0.157 e. The van der Waals surface area contributed by atoms with E-state index in [1.165, 1.54) is 6.21 Å². The first kappa shape index (κ1) is 12.3. The third-order valence-corrected chi connectivity index (χ3v) is 3.16. The molecule has 3 aromatic rings. The first-order valence-corrected chi connectivity index (χ1v) is 6.17. The van der Waals surface area contributed by atoms with Crippen molar-refractivity contribution in [1.29, 1.82) is 0 Å². The molecule has 0 aliphatic heterocycles. The van der Waals surface area contributed by atoms with Gasteiger partial charge in [-0.25, -0.2) is 0 Å². The minimum Gasteiger partial charge on any atom is -0.497 e. The highest BCUT2D eigenvalue weighted by atomic mass is 16.5. The van der Waals surface area contributed by atoms with E-state index in [1.807, 2.05) is 48.5 Å². The molecule has 100 valence electrons. The van der Waals surface area contributed by atoms with E-state index >= 15 is 0 Å². The number of furan rings is 1. The molecule has 0 saturated carbocycles. The van der Waals surface area contributed by atoms with Crippen LogP contribution in [0.15, 0.2) is 58.1 Å². The van der Waals surface area contributed by atoms with Gasteiger partial charge in [-0.1, -0.05) is 35.5 Å². The monoisotopic (exact) mass is 267 g/mol. The van der Waals surface area contributed by atoms with E-state index in [1.54, 1.807) is 7.11 Å². The molecule has 4 heteroatoms. The molecule has 0 aliphatic carbocycles. The minimum absolute atomic E-state index is 0.516. The summed E-state index contributed by atoms with van der Waals surface area (Å²) in [5, 5.41) is 12.8. The van der Waals surface area contributed by atoms with Gasteiger partial charge in [-0.3, -0.25) is 0 Å². The van der Waals surface area contributed by atoms with Gasteiger partial charge >= 0.3 is 0 Å². The molecular formula is C16H13NO3. The predicted molar refractivity (Wildman–Crippen MR) is 77.6 cm³/mol. The fraction of sp³-hybridized carbons (Fsp3) is 0.0625. The number of methoxy groups -OCH3 is 1. The first-order valence-electron chi connectivity index (χ1n) is 6.17. The van der Waals surface area contributed by atoms with Crippen molar-refractivity contribution >= 4 is 17.2 Å². The van der Waals surface area contributed by atoms with Crippen LogP contribution in [0.5, 0.6) is 5.75 Å². The van der Waals surface area contributed by atoms with Crippen LogP contribution in [0.1, 0.15) is 5.76 Å². The number of ether oxygens (including phenoxy) is 1. The number of fused-ring (bicyclic) bond motifs is 1. The van der Waals surface area contributed by atoms with Crippen LogP contribution in [-0.4, -0.2) is 18.5 Å². The van der Waals surface area contributed by atoms with E-state index in [4.69, 9.17) is 14.4 Å². The van der Waals surface area contributed by atoms with Crippen molar-refractivity contribution in [2.45, 2.75) is 0 Å². The van der Waals surface area contributed by atoms with E-state index in [-0.39, 0.29) is 0 Å². The summed E-state index contributed by atoms with van der Waals surface area (Å²) in [5.74, 6) is 1.27. The van der Waals surface area contributed by atoms with Crippen molar-refractivity contribution < 1.29 is 14.4 Å². The number of hydrogen-bond acceptors (Lipinski definition) is 4. The van der Waals surface area contributed by atoms with Gasteiger partial charge in [0.05, 0.1) is 7.11 Å². The minimum atomic E-state index is 0.516. The Balaban J connectivity index is 2.33. The molecule has 0 radical (unpaired) electrons. The van der Waals surface area contributed by atoms with Gasteiger partial charge < -0.3 is 14.4 Å². The highest BCUT2D eigenvalue weighted by molar-refractivity contribution is 6.03. The van der Waals surface area contributed by atoms with Crippen LogP contribution in [0.2, 0.25) is 0 Å². The Morgan fingerprint density at radius 3 is 2.65 bits per heavy atom. The highest BCUT2D eigenvalue weighted by Crippen LogP contribution is 2.35. The molecule has 4 nitrogen and oxygen atoms in total. The molecule has 3 rings (SSSR count). The Kier molecular flexibility index (Phi) is 3.13. The fourth-order valence-electron chi connectivity index (χ4n) is 2.27. The molecule has 1 heterocycles. The quantitative estimate of drug-likeness (QED) is 0.444. The molecule has 1 N–H and O–H groups in total. The standard InChI is InChI=1S/C16H13NO3/c1-19-12-7-8-14-13(9-12)16(15(20-14)10-17-18)11-5-3-2-4-6-11/h2-10,18H,1H3. The lowest BCUT2D eigenvalue weighted by Gasteiger charge is -2.01. The van der Waals surface area contributed by atoms with Gasteiger partial charge in [0.1, 0.15) is 17.5 Å². The van der Waals surface area contributed by atoms with Crippen LogP contribution in [0.4, 0.5) is 0 Å². The number of hydrogen-bond donors (Lipinski definition) is 1. The zero-order valence-electron chi connectivity index (χ0n) is 10.9. The van der Waals surface area contributed by atoms with Gasteiger partial charge in [-0.15, -0.1) is 0 Å². The highest BCUT2D eigenvalue weighted by Gasteiger charge is 2.15. The van der Waals surface area contributed by atoms with Gasteiger partial charge in [0, 0.05) is 10.9 Å². The Labute approximate surface area is 115 Å². The largest absolute Gasteiger partial charge is 0.497 e. The molecule has 0 amide bonds. The lowest BCUT2D eigenvalue weighted by molar-refractivity contribution is 0.321. The summed E-state index contributed by atoms with van der Waals surface area (Å²) in [4.78, 5) is 0. The molecule has 0 saturated heterocycles. The van der Waals surface area contributed by atoms with Gasteiger partial charge in [0.15, 0.2) is 5.76 Å². The third-order valence-electron chi connectivity index (χ3n) is 3.16. The second kappa shape index (κ2) is 5.09. The molecule has 20 heavy (non-hydrogen) atoms. The molecule has 0 fully saturated rings. The molecule has 0 spiro atoms. The number of benzene rings is 2. The number of nitrogens with zero attached hydrogens (tertiary/aromatic N) is 1. The van der Waals surface area contributed by atoms with Crippen molar-refractivity contribution in [2.75, 3.05) is 7.11 Å². The molecule has 0 unspecified atom stereocenters. The van der Waals surface area contributed by atoms with Gasteiger partial charge in [-0.05, 0) is 23.8 Å². The Morgan fingerprint density at radius 1 is 1.15 bits per heavy atom. The lowest BCUT2D eigenvalue weighted by atomic mass is 10.0. The van der Waals surface area contributed by atoms with E-state index in [9.17, 15) is 0 Å². The summed E-state index contributed by atoms with van der Waals surface area (Å²) in [7, 11) is 1.62. The molecule has 0 atom stereocenters. The van der Waals surface area contributed by atoms with Crippen molar-refractivity contribution in [1.82, 2.24) is 0 Å². The fourth-order valence-corrected chi connectivity index (χ4v) is 2.27. The van der Waals surface area contributed by atoms with Crippen LogP contribution in [0.3, 0.4) is 0 Å². The smallest absolute Gasteiger partial charge is 0.157 e. The second-order valence-electron chi connectivity index (χ2n) is 4.31. The zero-order chi connectivity index (χ0) is 13.9. The van der Waals surface area contributed by atoms with Crippen LogP contribution >= 0.6 is 0 Å². The second-order valence-corrected chi connectivity index (χ2v) is 4.31. The predicted octanol–water partition coefficient (Wildman–Crippen LogP) is 3.92. The summed E-state index contributed by atoms with van der Waals surface area (Å²) in [6, 6.07) is 15.4. The van der Waals surface area contributed by atoms with Crippen LogP contribution in [0.25, 0.3) is 22.1 Å². The molecule has 0 aliphatic rings. The number of oxime groups is 1. The Hall–Kier alpha value is -2.75. The van der Waals surface area contributed by atoms with Crippen molar-refractivity contribution in [2.24, 2.45) is 5.16 Å². The summed E-state index contributed by atoms with van der Waals surface area (Å²) in [6.07, 6.45) is 1.30. The van der Waals surface area contributed by atoms with Gasteiger partial charge in [0.25, 0.3) is 0 Å². The summed E-state index contributed by atoms with van der Waals surface area (Å²) in [6.45, 7) is 0. The van der Waals surface area contributed by atoms with Crippen LogP contribution < -0.4 is 4.74 Å². The maximum atomic E-state index is 8.80. The van der Waals surface area contributed by atoms with Gasteiger partial charge in [0.2, 0.25) is 0 Å². The van der Waals surface area contributed by atoms with Crippen molar-refractivity contribution in [3.63, 3.8) is 0 Å². The summed E-state index contributed by atoms with van der Waals surface area (Å²) in [5.41, 5.74) is 2.60. The average Bonchev–Trinajstić information content (AvgIpc) is 2.85. The van der Waals surface area contributed by atoms with Gasteiger partial charge in [-0.2, -0.15) is 0 Å². The SMILES string of the molecule is COc1ccc2oc(C=NO)c(-c3ccccc3)c2c1.